The van der Waals surface area contributed by atoms with E-state index < -0.39 is 0 Å². The average molecular weight is 212 g/mol. The Morgan fingerprint density at radius 1 is 1.43 bits per heavy atom. The molecule has 0 radical (unpaired) electrons. The first-order valence-corrected chi connectivity index (χ1v) is 5.87. The van der Waals surface area contributed by atoms with Gasteiger partial charge in [-0.3, -0.25) is 0 Å². The molecule has 14 heavy (non-hydrogen) atoms. The molecule has 1 rings (SSSR count). The number of aliphatic hydroxyl groups is 1. The van der Waals surface area contributed by atoms with Crippen LogP contribution < -0.4 is 4.74 Å². The minimum absolute atomic E-state index is 0.168. The van der Waals surface area contributed by atoms with Gasteiger partial charge in [-0.1, -0.05) is 19.1 Å². The lowest BCUT2D eigenvalue weighted by Crippen LogP contribution is -2.12. The molecule has 0 aromatic heterocycles. The zero-order valence-electron chi connectivity index (χ0n) is 8.56. The van der Waals surface area contributed by atoms with Crippen LogP contribution in [0.2, 0.25) is 0 Å². The van der Waals surface area contributed by atoms with Crippen molar-refractivity contribution in [2.24, 2.45) is 5.92 Å². The summed E-state index contributed by atoms with van der Waals surface area (Å²) in [5, 5.41) is 8.85. The van der Waals surface area contributed by atoms with Crippen molar-refractivity contribution in [1.82, 2.24) is 0 Å². The summed E-state index contributed by atoms with van der Waals surface area (Å²) in [6.45, 7) is 2.69. The first-order valence-electron chi connectivity index (χ1n) is 4.64. The molecule has 1 atom stereocenters. The van der Waals surface area contributed by atoms with Gasteiger partial charge in [0.2, 0.25) is 0 Å². The van der Waals surface area contributed by atoms with Crippen molar-refractivity contribution in [3.8, 4) is 5.75 Å². The zero-order valence-corrected chi connectivity index (χ0v) is 9.38. The third-order valence-electron chi connectivity index (χ3n) is 1.90. The highest BCUT2D eigenvalue weighted by molar-refractivity contribution is 7.98. The number of benzene rings is 1. The molecule has 0 aliphatic heterocycles. The fraction of sp³-hybridized carbons (Fsp3) is 0.455. The van der Waals surface area contributed by atoms with Crippen molar-refractivity contribution in [3.05, 3.63) is 24.3 Å². The fourth-order valence-electron chi connectivity index (χ4n) is 1.02. The van der Waals surface area contributed by atoms with Gasteiger partial charge in [-0.2, -0.15) is 0 Å². The van der Waals surface area contributed by atoms with Crippen molar-refractivity contribution >= 4 is 11.8 Å². The third kappa shape index (κ3) is 3.24. The third-order valence-corrected chi connectivity index (χ3v) is 2.68. The summed E-state index contributed by atoms with van der Waals surface area (Å²) in [5.41, 5.74) is 0. The molecule has 1 aromatic carbocycles. The molecule has 1 unspecified atom stereocenters. The number of para-hydroxylation sites is 1. The van der Waals surface area contributed by atoms with E-state index in [0.29, 0.717) is 6.61 Å². The average Bonchev–Trinajstić information content (AvgIpc) is 2.26. The highest BCUT2D eigenvalue weighted by Crippen LogP contribution is 2.27. The number of thioether (sulfide) groups is 1. The summed E-state index contributed by atoms with van der Waals surface area (Å²) in [7, 11) is 0. The van der Waals surface area contributed by atoms with Gasteiger partial charge in [0.05, 0.1) is 6.61 Å². The normalized spacial score (nSPS) is 12.5. The smallest absolute Gasteiger partial charge is 0.132 e. The maximum atomic E-state index is 8.85. The molecule has 0 spiro atoms. The van der Waals surface area contributed by atoms with E-state index in [1.807, 2.05) is 37.4 Å². The molecule has 0 saturated heterocycles. The monoisotopic (exact) mass is 212 g/mol. The molecule has 0 fully saturated rings. The topological polar surface area (TPSA) is 29.5 Å². The Bertz CT molecular complexity index is 276. The van der Waals surface area contributed by atoms with Gasteiger partial charge >= 0.3 is 0 Å². The van der Waals surface area contributed by atoms with Crippen LogP contribution in [0.15, 0.2) is 29.2 Å². The van der Waals surface area contributed by atoms with Crippen LogP contribution in [0.4, 0.5) is 0 Å². The standard InChI is InChI=1S/C11H16O2S/c1-9(7-12)8-13-10-5-3-4-6-11(10)14-2/h3-6,9,12H,7-8H2,1-2H3. The maximum Gasteiger partial charge on any atom is 0.132 e. The summed E-state index contributed by atoms with van der Waals surface area (Å²) in [4.78, 5) is 1.14. The van der Waals surface area contributed by atoms with Gasteiger partial charge in [-0.25, -0.2) is 0 Å². The molecule has 0 aliphatic rings. The van der Waals surface area contributed by atoms with Crippen LogP contribution in [0.5, 0.6) is 5.75 Å². The molecule has 0 aliphatic carbocycles. The van der Waals surface area contributed by atoms with Gasteiger partial charge in [0.15, 0.2) is 0 Å². The number of ether oxygens (including phenoxy) is 1. The summed E-state index contributed by atoms with van der Waals surface area (Å²) in [5.74, 6) is 1.09. The molecule has 1 N–H and O–H groups in total. The highest BCUT2D eigenvalue weighted by atomic mass is 32.2. The molecule has 0 heterocycles. The van der Waals surface area contributed by atoms with Gasteiger partial charge < -0.3 is 9.84 Å². The van der Waals surface area contributed by atoms with Gasteiger partial charge in [-0.05, 0) is 18.4 Å². The first-order chi connectivity index (χ1) is 6.77. The van der Waals surface area contributed by atoms with E-state index in [9.17, 15) is 0 Å². The van der Waals surface area contributed by atoms with Crippen LogP contribution in [-0.4, -0.2) is 24.6 Å². The molecule has 78 valence electrons. The molecular weight excluding hydrogens is 196 g/mol. The van der Waals surface area contributed by atoms with Gasteiger partial charge in [0, 0.05) is 17.4 Å². The first kappa shape index (κ1) is 11.4. The van der Waals surface area contributed by atoms with Gasteiger partial charge in [0.25, 0.3) is 0 Å². The van der Waals surface area contributed by atoms with Crippen LogP contribution in [0.1, 0.15) is 6.92 Å². The lowest BCUT2D eigenvalue weighted by atomic mass is 10.2. The predicted octanol–water partition coefficient (Wildman–Crippen LogP) is 2.42. The van der Waals surface area contributed by atoms with Crippen LogP contribution in [0.25, 0.3) is 0 Å². The molecule has 2 nitrogen and oxygen atoms in total. The van der Waals surface area contributed by atoms with Crippen molar-refractivity contribution in [3.63, 3.8) is 0 Å². The SMILES string of the molecule is CSc1ccccc1OCC(C)CO. The summed E-state index contributed by atoms with van der Waals surface area (Å²) in [6, 6.07) is 7.94. The number of rotatable bonds is 5. The van der Waals surface area contributed by atoms with Gasteiger partial charge in [0.1, 0.15) is 5.75 Å². The van der Waals surface area contributed by atoms with Crippen molar-refractivity contribution < 1.29 is 9.84 Å². The van der Waals surface area contributed by atoms with E-state index in [2.05, 4.69) is 0 Å². The lowest BCUT2D eigenvalue weighted by Gasteiger charge is -2.12. The second-order valence-electron chi connectivity index (χ2n) is 3.25. The second kappa shape index (κ2) is 5.94. The quantitative estimate of drug-likeness (QED) is 0.760. The highest BCUT2D eigenvalue weighted by Gasteiger charge is 2.04. The zero-order chi connectivity index (χ0) is 10.4. The largest absolute Gasteiger partial charge is 0.492 e. The Kier molecular flexibility index (Phi) is 4.84. The van der Waals surface area contributed by atoms with Crippen molar-refractivity contribution in [1.29, 1.82) is 0 Å². The van der Waals surface area contributed by atoms with Crippen LogP contribution in [-0.2, 0) is 0 Å². The van der Waals surface area contributed by atoms with Crippen molar-refractivity contribution in [2.45, 2.75) is 11.8 Å². The molecule has 0 amide bonds. The summed E-state index contributed by atoms with van der Waals surface area (Å²) < 4.78 is 5.60. The van der Waals surface area contributed by atoms with Crippen LogP contribution in [0.3, 0.4) is 0 Å². The van der Waals surface area contributed by atoms with Crippen LogP contribution >= 0.6 is 11.8 Å². The number of aliphatic hydroxyl groups excluding tert-OH is 1. The molecule has 0 saturated carbocycles. The Hall–Kier alpha value is -0.670. The van der Waals surface area contributed by atoms with E-state index >= 15 is 0 Å². The van der Waals surface area contributed by atoms with E-state index in [0.717, 1.165) is 10.6 Å². The van der Waals surface area contributed by atoms with E-state index in [1.54, 1.807) is 11.8 Å². The number of hydrogen-bond acceptors (Lipinski definition) is 3. The second-order valence-corrected chi connectivity index (χ2v) is 4.10. The molecule has 0 bridgehead atoms. The lowest BCUT2D eigenvalue weighted by molar-refractivity contribution is 0.172. The van der Waals surface area contributed by atoms with E-state index in [-0.39, 0.29) is 12.5 Å². The Labute approximate surface area is 89.3 Å². The maximum absolute atomic E-state index is 8.85. The van der Waals surface area contributed by atoms with E-state index in [4.69, 9.17) is 9.84 Å². The van der Waals surface area contributed by atoms with Crippen LogP contribution in [0, 0.1) is 5.92 Å². The Morgan fingerprint density at radius 3 is 2.79 bits per heavy atom. The Balaban J connectivity index is 2.57. The Morgan fingerprint density at radius 2 is 2.14 bits per heavy atom. The van der Waals surface area contributed by atoms with Crippen molar-refractivity contribution in [2.75, 3.05) is 19.5 Å². The van der Waals surface area contributed by atoms with E-state index in [1.165, 1.54) is 0 Å². The minimum Gasteiger partial charge on any atom is -0.492 e. The predicted molar refractivity (Wildman–Crippen MR) is 60.0 cm³/mol. The number of hydrogen-bond donors (Lipinski definition) is 1. The molecular formula is C11H16O2S. The van der Waals surface area contributed by atoms with Gasteiger partial charge in [-0.15, -0.1) is 11.8 Å². The molecule has 1 aromatic rings. The summed E-state index contributed by atoms with van der Waals surface area (Å²) >= 11 is 1.67. The summed E-state index contributed by atoms with van der Waals surface area (Å²) in [6.07, 6.45) is 2.03. The molecule has 3 heteroatoms. The minimum atomic E-state index is 0.168. The fourth-order valence-corrected chi connectivity index (χ4v) is 1.57.